The van der Waals surface area contributed by atoms with Gasteiger partial charge in [-0.1, -0.05) is 25.0 Å². The highest BCUT2D eigenvalue weighted by Gasteiger charge is 2.50. The number of benzene rings is 1. The molecule has 1 aliphatic carbocycles. The van der Waals surface area contributed by atoms with Gasteiger partial charge in [-0.15, -0.1) is 5.10 Å². The van der Waals surface area contributed by atoms with Gasteiger partial charge >= 0.3 is 0 Å². The number of nitrogens with one attached hydrogen (secondary N) is 1. The molecule has 1 aromatic heterocycles. The first-order valence-corrected chi connectivity index (χ1v) is 11.6. The molecule has 0 unspecified atom stereocenters. The quantitative estimate of drug-likeness (QED) is 0.575. The van der Waals surface area contributed by atoms with Crippen LogP contribution in [0.4, 0.5) is 0 Å². The largest absolute Gasteiger partial charge is 0.550 e. The number of carbonyl (C=O) groups is 2. The van der Waals surface area contributed by atoms with Gasteiger partial charge in [-0.3, -0.25) is 4.79 Å². The number of nitrogens with zero attached hydrogens (tertiary/aromatic N) is 4. The van der Waals surface area contributed by atoms with Crippen molar-refractivity contribution in [3.05, 3.63) is 24.3 Å². The third kappa shape index (κ3) is 4.37. The van der Waals surface area contributed by atoms with E-state index in [2.05, 4.69) is 20.8 Å². The Morgan fingerprint density at radius 1 is 1.21 bits per heavy atom. The molecule has 182 valence electrons. The van der Waals surface area contributed by atoms with E-state index in [0.717, 1.165) is 31.2 Å². The Balaban J connectivity index is 1.26. The lowest BCUT2D eigenvalue weighted by Gasteiger charge is -2.29. The molecule has 5 rings (SSSR count). The fourth-order valence-electron chi connectivity index (χ4n) is 5.63. The number of tetrazole rings is 1. The fraction of sp³-hybridized carbons (Fsp3) is 0.609. The first kappa shape index (κ1) is 22.7. The molecule has 0 spiro atoms. The number of ether oxygens (including phenoxy) is 3. The van der Waals surface area contributed by atoms with Gasteiger partial charge in [-0.2, -0.15) is 0 Å². The Labute approximate surface area is 196 Å². The first-order valence-electron chi connectivity index (χ1n) is 11.6. The summed E-state index contributed by atoms with van der Waals surface area (Å²) in [6.07, 6.45) is 2.76. The number of amides is 1. The SMILES string of the molecule is COc1cccc(-c2nnnn2[C@H]2CO[C@H]3[C@@H]2OC[C@@H]3NC(=O)CC2(CC(=O)[O-])CCCC2)c1. The molecule has 1 N–H and O–H groups in total. The number of aliphatic carboxylic acids is 1. The highest BCUT2D eigenvalue weighted by atomic mass is 16.6. The molecular formula is C23H28N5O6-. The van der Waals surface area contributed by atoms with Crippen LogP contribution >= 0.6 is 0 Å². The molecule has 11 heteroatoms. The van der Waals surface area contributed by atoms with Crippen LogP contribution in [0.2, 0.25) is 0 Å². The molecule has 1 aromatic carbocycles. The molecule has 3 fully saturated rings. The maximum atomic E-state index is 12.9. The van der Waals surface area contributed by atoms with Crippen LogP contribution in [-0.4, -0.2) is 70.7 Å². The second-order valence-electron chi connectivity index (χ2n) is 9.45. The number of hydrogen-bond acceptors (Lipinski definition) is 9. The fourth-order valence-corrected chi connectivity index (χ4v) is 5.63. The zero-order chi connectivity index (χ0) is 23.7. The van der Waals surface area contributed by atoms with Crippen molar-refractivity contribution < 1.29 is 28.9 Å². The Bertz CT molecular complexity index is 1050. The number of hydrogen-bond donors (Lipinski definition) is 1. The van der Waals surface area contributed by atoms with E-state index in [1.807, 2.05) is 24.3 Å². The van der Waals surface area contributed by atoms with Crippen LogP contribution in [0.15, 0.2) is 24.3 Å². The normalized spacial score (nSPS) is 27.4. The van der Waals surface area contributed by atoms with E-state index in [0.29, 0.717) is 24.8 Å². The van der Waals surface area contributed by atoms with Crippen molar-refractivity contribution in [3.63, 3.8) is 0 Å². The van der Waals surface area contributed by atoms with Crippen LogP contribution in [0.3, 0.4) is 0 Å². The minimum absolute atomic E-state index is 0.0848. The highest BCUT2D eigenvalue weighted by molar-refractivity contribution is 5.78. The molecule has 2 saturated heterocycles. The monoisotopic (exact) mass is 470 g/mol. The van der Waals surface area contributed by atoms with E-state index in [1.165, 1.54) is 0 Å². The molecule has 3 heterocycles. The predicted octanol–water partition coefficient (Wildman–Crippen LogP) is 0.263. The van der Waals surface area contributed by atoms with Crippen molar-refractivity contribution in [1.82, 2.24) is 25.5 Å². The van der Waals surface area contributed by atoms with E-state index in [9.17, 15) is 14.7 Å². The molecule has 3 aliphatic rings. The number of methoxy groups -OCH3 is 1. The van der Waals surface area contributed by atoms with Crippen molar-refractivity contribution in [3.8, 4) is 17.1 Å². The maximum Gasteiger partial charge on any atom is 0.220 e. The van der Waals surface area contributed by atoms with Crippen LogP contribution in [0, 0.1) is 5.41 Å². The molecule has 0 radical (unpaired) electrons. The first-order chi connectivity index (χ1) is 16.5. The number of carbonyl (C=O) groups excluding carboxylic acids is 2. The zero-order valence-corrected chi connectivity index (χ0v) is 19.0. The highest BCUT2D eigenvalue weighted by Crippen LogP contribution is 2.44. The minimum Gasteiger partial charge on any atom is -0.550 e. The van der Waals surface area contributed by atoms with Gasteiger partial charge in [0.2, 0.25) is 5.91 Å². The van der Waals surface area contributed by atoms with Crippen molar-refractivity contribution in [2.45, 2.75) is 62.8 Å². The molecule has 2 aliphatic heterocycles. The van der Waals surface area contributed by atoms with Gasteiger partial charge in [0.05, 0.1) is 26.4 Å². The van der Waals surface area contributed by atoms with Gasteiger partial charge in [-0.05, 0) is 47.2 Å². The summed E-state index contributed by atoms with van der Waals surface area (Å²) in [5.74, 6) is -0.000878. The van der Waals surface area contributed by atoms with Gasteiger partial charge in [0.15, 0.2) is 5.82 Å². The lowest BCUT2D eigenvalue weighted by molar-refractivity contribution is -0.308. The predicted molar refractivity (Wildman–Crippen MR) is 115 cm³/mol. The molecule has 1 saturated carbocycles. The molecule has 0 bridgehead atoms. The standard InChI is InChI=1S/C23H29N5O6/c1-32-15-6-4-5-14(9-15)22-25-26-27-28(22)17-13-34-20-16(12-33-21(17)20)24-18(29)10-23(11-19(30)31)7-2-3-8-23/h4-6,9,16-17,20-21H,2-3,7-8,10-13H2,1H3,(H,24,29)(H,30,31)/p-1/t16-,17-,20+,21+/m0/s1. The second-order valence-corrected chi connectivity index (χ2v) is 9.45. The summed E-state index contributed by atoms with van der Waals surface area (Å²) in [5.41, 5.74) is 0.296. The molecule has 34 heavy (non-hydrogen) atoms. The Morgan fingerprint density at radius 2 is 2.00 bits per heavy atom. The third-order valence-electron chi connectivity index (χ3n) is 7.23. The Kier molecular flexibility index (Phi) is 6.22. The van der Waals surface area contributed by atoms with Crippen LogP contribution in [-0.2, 0) is 19.1 Å². The van der Waals surface area contributed by atoms with Crippen LogP contribution < -0.4 is 15.2 Å². The molecule has 2 aromatic rings. The lowest BCUT2D eigenvalue weighted by Crippen LogP contribution is -2.46. The second kappa shape index (κ2) is 9.30. The Morgan fingerprint density at radius 3 is 2.76 bits per heavy atom. The average Bonchev–Trinajstić information content (AvgIpc) is 3.59. The Hall–Kier alpha value is -3.05. The zero-order valence-electron chi connectivity index (χ0n) is 19.0. The molecular weight excluding hydrogens is 442 g/mol. The number of carboxylic acids is 1. The van der Waals surface area contributed by atoms with E-state index in [4.69, 9.17) is 14.2 Å². The molecule has 4 atom stereocenters. The van der Waals surface area contributed by atoms with Crippen molar-refractivity contribution >= 4 is 11.9 Å². The van der Waals surface area contributed by atoms with Crippen molar-refractivity contribution in [1.29, 1.82) is 0 Å². The summed E-state index contributed by atoms with van der Waals surface area (Å²) in [6.45, 7) is 0.653. The summed E-state index contributed by atoms with van der Waals surface area (Å²) >= 11 is 0. The summed E-state index contributed by atoms with van der Waals surface area (Å²) in [4.78, 5) is 24.1. The summed E-state index contributed by atoms with van der Waals surface area (Å²) in [5, 5.41) is 26.5. The summed E-state index contributed by atoms with van der Waals surface area (Å²) < 4.78 is 19.1. The van der Waals surface area contributed by atoms with Gasteiger partial charge in [0.25, 0.3) is 0 Å². The van der Waals surface area contributed by atoms with Crippen molar-refractivity contribution in [2.24, 2.45) is 5.41 Å². The number of rotatable bonds is 8. The van der Waals surface area contributed by atoms with E-state index in [-0.39, 0.29) is 43.0 Å². The molecule has 1 amide bonds. The number of fused-ring (bicyclic) bond motifs is 1. The van der Waals surface area contributed by atoms with E-state index >= 15 is 0 Å². The van der Waals surface area contributed by atoms with Gasteiger partial charge in [-0.25, -0.2) is 4.68 Å². The third-order valence-corrected chi connectivity index (χ3v) is 7.23. The topological polar surface area (TPSA) is 141 Å². The molecule has 11 nitrogen and oxygen atoms in total. The van der Waals surface area contributed by atoms with Crippen molar-refractivity contribution in [2.75, 3.05) is 20.3 Å². The number of aromatic nitrogens is 4. The van der Waals surface area contributed by atoms with Crippen LogP contribution in [0.1, 0.15) is 44.6 Å². The van der Waals surface area contributed by atoms with Gasteiger partial charge < -0.3 is 29.4 Å². The van der Waals surface area contributed by atoms with Gasteiger partial charge in [0, 0.05) is 18.0 Å². The average molecular weight is 471 g/mol. The minimum atomic E-state index is -1.10. The van der Waals surface area contributed by atoms with Gasteiger partial charge in [0.1, 0.15) is 24.0 Å². The van der Waals surface area contributed by atoms with E-state index < -0.39 is 11.4 Å². The smallest absolute Gasteiger partial charge is 0.220 e. The van der Waals surface area contributed by atoms with Crippen LogP contribution in [0.5, 0.6) is 5.75 Å². The lowest BCUT2D eigenvalue weighted by atomic mass is 9.79. The maximum absolute atomic E-state index is 12.9. The summed E-state index contributed by atoms with van der Waals surface area (Å²) in [6, 6.07) is 6.92. The van der Waals surface area contributed by atoms with E-state index in [1.54, 1.807) is 11.8 Å². The van der Waals surface area contributed by atoms with Crippen LogP contribution in [0.25, 0.3) is 11.4 Å². The summed E-state index contributed by atoms with van der Waals surface area (Å²) in [7, 11) is 1.60. The number of carboxylic acid groups (broad SMARTS) is 1.